The third-order valence-corrected chi connectivity index (χ3v) is 15.1. The van der Waals surface area contributed by atoms with Crippen LogP contribution in [0.1, 0.15) is 354 Å². The fraction of sp³-hybridized carbons (Fsp3) is 0.984. The first-order chi connectivity index (χ1) is 33.0. The lowest BCUT2D eigenvalue weighted by molar-refractivity contribution is -0.132. The minimum atomic E-state index is -1.25. The molecule has 0 spiro atoms. The zero-order valence-corrected chi connectivity index (χ0v) is 45.7. The minimum absolute atomic E-state index is 0.377. The zero-order chi connectivity index (χ0) is 48.8. The van der Waals surface area contributed by atoms with Gasteiger partial charge in [0.2, 0.25) is 5.91 Å². The van der Waals surface area contributed by atoms with Crippen LogP contribution in [0, 0.1) is 0 Å². The first-order valence-electron chi connectivity index (χ1n) is 30.9. The van der Waals surface area contributed by atoms with Crippen molar-refractivity contribution < 1.29 is 25.2 Å². The summed E-state index contributed by atoms with van der Waals surface area (Å²) in [5.74, 6) is -0.575. The van der Waals surface area contributed by atoms with Gasteiger partial charge in [0.05, 0.1) is 18.8 Å². The van der Waals surface area contributed by atoms with Gasteiger partial charge in [-0.1, -0.05) is 341 Å². The summed E-state index contributed by atoms with van der Waals surface area (Å²) in [6.07, 6.45) is 66.3. The van der Waals surface area contributed by atoms with Gasteiger partial charge in [-0.3, -0.25) is 4.79 Å². The molecule has 0 radical (unpaired) electrons. The molecular weight excluding hydrogens is 827 g/mol. The Bertz CT molecular complexity index is 933. The number of hydrogen-bond acceptors (Lipinski definition) is 5. The number of amides is 1. The number of aliphatic hydroxyl groups excluding tert-OH is 4. The lowest BCUT2D eigenvalue weighted by Crippen LogP contribution is -2.53. The Kier molecular flexibility index (Phi) is 55.6. The van der Waals surface area contributed by atoms with Gasteiger partial charge in [0.1, 0.15) is 12.2 Å². The molecule has 6 nitrogen and oxygen atoms in total. The largest absolute Gasteiger partial charge is 0.394 e. The molecule has 6 heteroatoms. The number of rotatable bonds is 58. The van der Waals surface area contributed by atoms with Gasteiger partial charge >= 0.3 is 0 Å². The molecule has 0 aliphatic heterocycles. The fourth-order valence-electron chi connectivity index (χ4n) is 10.2. The molecule has 0 saturated heterocycles. The van der Waals surface area contributed by atoms with E-state index in [4.69, 9.17) is 0 Å². The van der Waals surface area contributed by atoms with E-state index in [1.54, 1.807) is 0 Å². The summed E-state index contributed by atoms with van der Waals surface area (Å²) in [7, 11) is 0. The van der Waals surface area contributed by atoms with Crippen LogP contribution in [0.5, 0.6) is 0 Å². The fourth-order valence-corrected chi connectivity index (χ4v) is 10.2. The molecule has 67 heavy (non-hydrogen) atoms. The van der Waals surface area contributed by atoms with Crippen molar-refractivity contribution in [2.75, 3.05) is 6.61 Å². The minimum Gasteiger partial charge on any atom is -0.394 e. The maximum atomic E-state index is 12.6. The molecule has 4 unspecified atom stereocenters. The summed E-state index contributed by atoms with van der Waals surface area (Å²) < 4.78 is 0. The molecule has 0 aromatic heterocycles. The Morgan fingerprint density at radius 1 is 0.313 bits per heavy atom. The van der Waals surface area contributed by atoms with Crippen molar-refractivity contribution in [1.29, 1.82) is 0 Å². The van der Waals surface area contributed by atoms with Crippen LogP contribution in [-0.2, 0) is 4.79 Å². The first kappa shape index (κ1) is 66.3. The highest BCUT2D eigenvalue weighted by atomic mass is 16.3. The zero-order valence-electron chi connectivity index (χ0n) is 45.7. The predicted octanol–water partition coefficient (Wildman–Crippen LogP) is 18.3. The standard InChI is InChI=1S/C61H123NO5/c1-3-5-7-9-11-13-15-17-19-21-23-24-25-26-27-28-29-30-31-32-33-34-35-37-39-41-43-45-47-49-51-53-55-59(65)61(67)62-57(56-63)60(66)58(64)54-52-50-48-46-44-42-40-38-36-22-20-18-16-14-12-10-8-6-4-2/h57-60,63-66H,3-56H2,1-2H3,(H,62,67). The lowest BCUT2D eigenvalue weighted by Gasteiger charge is -2.27. The average molecular weight is 951 g/mol. The Hall–Kier alpha value is -0.690. The van der Waals surface area contributed by atoms with Gasteiger partial charge < -0.3 is 25.7 Å². The number of nitrogens with one attached hydrogen (secondary N) is 1. The Morgan fingerprint density at radius 2 is 0.507 bits per heavy atom. The van der Waals surface area contributed by atoms with Gasteiger partial charge in [-0.2, -0.15) is 0 Å². The molecule has 0 rings (SSSR count). The molecule has 0 aliphatic rings. The summed E-state index contributed by atoms with van der Waals surface area (Å²) in [5.41, 5.74) is 0. The summed E-state index contributed by atoms with van der Waals surface area (Å²) in [6.45, 7) is 4.11. The molecule has 0 aromatic rings. The molecule has 0 saturated carbocycles. The van der Waals surface area contributed by atoms with Gasteiger partial charge in [0, 0.05) is 0 Å². The SMILES string of the molecule is CCCCCCCCCCCCCCCCCCCCCCCCCCCCCCCCCCC(O)C(=O)NC(CO)C(O)C(O)CCCCCCCCCCCCCCCCCCCCC. The second kappa shape index (κ2) is 56.2. The summed E-state index contributed by atoms with van der Waals surface area (Å²) in [4.78, 5) is 12.6. The van der Waals surface area contributed by atoms with E-state index in [2.05, 4.69) is 19.2 Å². The van der Waals surface area contributed by atoms with E-state index in [0.29, 0.717) is 12.8 Å². The van der Waals surface area contributed by atoms with E-state index in [1.807, 2.05) is 0 Å². The summed E-state index contributed by atoms with van der Waals surface area (Å²) in [6, 6.07) is -0.981. The normalized spacial score (nSPS) is 13.6. The van der Waals surface area contributed by atoms with Gasteiger partial charge in [-0.05, 0) is 12.8 Å². The summed E-state index contributed by atoms with van der Waals surface area (Å²) in [5, 5.41) is 44.1. The number of carbonyl (C=O) groups is 1. The van der Waals surface area contributed by atoms with E-state index in [0.717, 1.165) is 38.5 Å². The highest BCUT2D eigenvalue weighted by molar-refractivity contribution is 5.80. The molecule has 0 bridgehead atoms. The van der Waals surface area contributed by atoms with Gasteiger partial charge in [0.15, 0.2) is 0 Å². The molecule has 1 amide bonds. The quantitative estimate of drug-likeness (QED) is 0.0390. The number of carbonyl (C=O) groups excluding carboxylic acids is 1. The van der Waals surface area contributed by atoms with E-state index in [-0.39, 0.29) is 0 Å². The Balaban J connectivity index is 3.52. The highest BCUT2D eigenvalue weighted by Crippen LogP contribution is 2.19. The Labute approximate surface area is 420 Å². The second-order valence-electron chi connectivity index (χ2n) is 21.8. The molecule has 0 fully saturated rings. The van der Waals surface area contributed by atoms with E-state index >= 15 is 0 Å². The number of unbranched alkanes of at least 4 members (excludes halogenated alkanes) is 49. The smallest absolute Gasteiger partial charge is 0.249 e. The molecule has 5 N–H and O–H groups in total. The average Bonchev–Trinajstić information content (AvgIpc) is 3.33. The molecule has 4 atom stereocenters. The predicted molar refractivity (Wildman–Crippen MR) is 293 cm³/mol. The van der Waals surface area contributed by atoms with E-state index in [9.17, 15) is 25.2 Å². The monoisotopic (exact) mass is 950 g/mol. The Morgan fingerprint density at radius 3 is 0.716 bits per heavy atom. The van der Waals surface area contributed by atoms with Crippen LogP contribution >= 0.6 is 0 Å². The maximum absolute atomic E-state index is 12.6. The van der Waals surface area contributed by atoms with Crippen molar-refractivity contribution in [3.8, 4) is 0 Å². The third kappa shape index (κ3) is 50.1. The third-order valence-electron chi connectivity index (χ3n) is 15.1. The number of aliphatic hydroxyl groups is 4. The maximum Gasteiger partial charge on any atom is 0.249 e. The van der Waals surface area contributed by atoms with Gasteiger partial charge in [-0.15, -0.1) is 0 Å². The van der Waals surface area contributed by atoms with Crippen LogP contribution in [0.2, 0.25) is 0 Å². The van der Waals surface area contributed by atoms with Gasteiger partial charge in [0.25, 0.3) is 0 Å². The highest BCUT2D eigenvalue weighted by Gasteiger charge is 2.28. The van der Waals surface area contributed by atoms with Crippen LogP contribution in [0.25, 0.3) is 0 Å². The van der Waals surface area contributed by atoms with E-state index < -0.39 is 36.9 Å². The lowest BCUT2D eigenvalue weighted by atomic mass is 9.99. The van der Waals surface area contributed by atoms with Crippen molar-refractivity contribution in [1.82, 2.24) is 5.32 Å². The topological polar surface area (TPSA) is 110 Å². The van der Waals surface area contributed by atoms with E-state index in [1.165, 1.54) is 289 Å². The van der Waals surface area contributed by atoms with Crippen LogP contribution < -0.4 is 5.32 Å². The van der Waals surface area contributed by atoms with Crippen molar-refractivity contribution in [2.24, 2.45) is 0 Å². The van der Waals surface area contributed by atoms with Crippen LogP contribution in [0.4, 0.5) is 0 Å². The molecule has 0 aliphatic carbocycles. The summed E-state index contributed by atoms with van der Waals surface area (Å²) >= 11 is 0. The van der Waals surface area contributed by atoms with Crippen LogP contribution in [0.15, 0.2) is 0 Å². The molecule has 0 aromatic carbocycles. The molecular formula is C61H123NO5. The van der Waals surface area contributed by atoms with Crippen molar-refractivity contribution in [2.45, 2.75) is 379 Å². The van der Waals surface area contributed by atoms with Crippen molar-refractivity contribution >= 4 is 5.91 Å². The van der Waals surface area contributed by atoms with Crippen molar-refractivity contribution in [3.63, 3.8) is 0 Å². The second-order valence-corrected chi connectivity index (χ2v) is 21.8. The molecule has 402 valence electrons. The first-order valence-corrected chi connectivity index (χ1v) is 30.9. The molecule has 0 heterocycles. The van der Waals surface area contributed by atoms with Crippen LogP contribution in [-0.4, -0.2) is 57.3 Å². The number of hydrogen-bond donors (Lipinski definition) is 5. The van der Waals surface area contributed by atoms with Crippen molar-refractivity contribution in [3.05, 3.63) is 0 Å². The van der Waals surface area contributed by atoms with Gasteiger partial charge in [-0.25, -0.2) is 0 Å². The van der Waals surface area contributed by atoms with Crippen LogP contribution in [0.3, 0.4) is 0 Å².